The van der Waals surface area contributed by atoms with Gasteiger partial charge in [0.05, 0.1) is 25.8 Å². The summed E-state index contributed by atoms with van der Waals surface area (Å²) in [4.78, 5) is 7.02. The van der Waals surface area contributed by atoms with Crippen LogP contribution in [0, 0.1) is 0 Å². The molecule has 0 amide bonds. The molecule has 1 atom stereocenters. The molecular formula is C22H25N3O3. The maximum Gasteiger partial charge on any atom is 0.241 e. The lowest BCUT2D eigenvalue weighted by Gasteiger charge is -2.23. The van der Waals surface area contributed by atoms with Crippen molar-refractivity contribution in [2.75, 3.05) is 20.3 Å². The number of nitrogens with zero attached hydrogens (tertiary/aromatic N) is 3. The van der Waals surface area contributed by atoms with E-state index in [2.05, 4.69) is 27.2 Å². The Kier molecular flexibility index (Phi) is 5.58. The average Bonchev–Trinajstić information content (AvgIpc) is 3.39. The number of hydrogen-bond acceptors (Lipinski definition) is 6. The molecule has 28 heavy (non-hydrogen) atoms. The largest absolute Gasteiger partial charge is 0.497 e. The molecule has 0 saturated carbocycles. The zero-order valence-electron chi connectivity index (χ0n) is 16.3. The van der Waals surface area contributed by atoms with Gasteiger partial charge in [-0.25, -0.2) is 0 Å². The van der Waals surface area contributed by atoms with Crippen LogP contribution >= 0.6 is 0 Å². The number of benzene rings is 2. The Labute approximate surface area is 165 Å². The van der Waals surface area contributed by atoms with E-state index in [1.165, 1.54) is 5.56 Å². The molecule has 2 heterocycles. The number of ether oxygens (including phenoxy) is 2. The summed E-state index contributed by atoms with van der Waals surface area (Å²) in [5, 5.41) is 4.18. The predicted molar refractivity (Wildman–Crippen MR) is 106 cm³/mol. The number of rotatable bonds is 7. The molecule has 1 aromatic heterocycles. The van der Waals surface area contributed by atoms with Gasteiger partial charge in [0.2, 0.25) is 11.7 Å². The van der Waals surface area contributed by atoms with Gasteiger partial charge in [-0.1, -0.05) is 29.4 Å². The van der Waals surface area contributed by atoms with Gasteiger partial charge < -0.3 is 14.0 Å². The van der Waals surface area contributed by atoms with Crippen molar-refractivity contribution in [1.29, 1.82) is 0 Å². The summed E-state index contributed by atoms with van der Waals surface area (Å²) in [6, 6.07) is 16.4. The Hall–Kier alpha value is -2.86. The minimum Gasteiger partial charge on any atom is -0.497 e. The van der Waals surface area contributed by atoms with Crippen molar-refractivity contribution in [3.05, 3.63) is 60.0 Å². The molecule has 1 fully saturated rings. The number of methoxy groups -OCH3 is 1. The highest BCUT2D eigenvalue weighted by molar-refractivity contribution is 5.63. The van der Waals surface area contributed by atoms with Crippen LogP contribution in [0.1, 0.15) is 37.3 Å². The highest BCUT2D eigenvalue weighted by atomic mass is 16.5. The number of aromatic nitrogens is 2. The monoisotopic (exact) mass is 379 g/mol. The molecule has 3 aromatic rings. The second-order valence-electron chi connectivity index (χ2n) is 6.84. The van der Waals surface area contributed by atoms with Crippen molar-refractivity contribution in [3.8, 4) is 22.9 Å². The van der Waals surface area contributed by atoms with Gasteiger partial charge in [0.25, 0.3) is 0 Å². The molecule has 6 nitrogen and oxygen atoms in total. The van der Waals surface area contributed by atoms with Gasteiger partial charge in [0.15, 0.2) is 0 Å². The quantitative estimate of drug-likeness (QED) is 0.603. The van der Waals surface area contributed by atoms with Crippen molar-refractivity contribution < 1.29 is 14.0 Å². The summed E-state index contributed by atoms with van der Waals surface area (Å²) in [7, 11) is 1.69. The predicted octanol–water partition coefficient (Wildman–Crippen LogP) is 4.48. The van der Waals surface area contributed by atoms with Crippen LogP contribution in [0.2, 0.25) is 0 Å². The second kappa shape index (κ2) is 8.44. The summed E-state index contributed by atoms with van der Waals surface area (Å²) in [6.45, 7) is 4.22. The van der Waals surface area contributed by atoms with Gasteiger partial charge in [0.1, 0.15) is 11.5 Å². The molecule has 0 radical (unpaired) electrons. The van der Waals surface area contributed by atoms with E-state index in [-0.39, 0.29) is 0 Å². The van der Waals surface area contributed by atoms with Crippen molar-refractivity contribution >= 4 is 0 Å². The fraction of sp³-hybridized carbons (Fsp3) is 0.364. The lowest BCUT2D eigenvalue weighted by Crippen LogP contribution is -2.22. The normalized spacial score (nSPS) is 17.0. The zero-order chi connectivity index (χ0) is 19.3. The summed E-state index contributed by atoms with van der Waals surface area (Å²) >= 11 is 0. The maximum atomic E-state index is 5.69. The Morgan fingerprint density at radius 2 is 1.96 bits per heavy atom. The van der Waals surface area contributed by atoms with Crippen molar-refractivity contribution in [3.63, 3.8) is 0 Å². The second-order valence-corrected chi connectivity index (χ2v) is 6.84. The van der Waals surface area contributed by atoms with E-state index in [4.69, 9.17) is 14.0 Å². The van der Waals surface area contributed by atoms with Gasteiger partial charge in [-0.3, -0.25) is 4.90 Å². The Morgan fingerprint density at radius 1 is 1.14 bits per heavy atom. The molecule has 4 rings (SSSR count). The van der Waals surface area contributed by atoms with Gasteiger partial charge in [-0.05, 0) is 56.1 Å². The van der Waals surface area contributed by atoms with Gasteiger partial charge >= 0.3 is 0 Å². The fourth-order valence-corrected chi connectivity index (χ4v) is 3.75. The summed E-state index contributed by atoms with van der Waals surface area (Å²) in [5.74, 6) is 2.85. The van der Waals surface area contributed by atoms with E-state index < -0.39 is 0 Å². The number of hydrogen-bond donors (Lipinski definition) is 0. The maximum absolute atomic E-state index is 5.69. The molecule has 6 heteroatoms. The molecule has 0 N–H and O–H groups in total. The van der Waals surface area contributed by atoms with E-state index in [1.54, 1.807) is 7.11 Å². The van der Waals surface area contributed by atoms with Crippen LogP contribution in [0.4, 0.5) is 0 Å². The topological polar surface area (TPSA) is 60.6 Å². The molecular weight excluding hydrogens is 354 g/mol. The number of para-hydroxylation sites is 1. The molecule has 1 aliphatic heterocycles. The summed E-state index contributed by atoms with van der Waals surface area (Å²) in [6.07, 6.45) is 2.28. The fourth-order valence-electron chi connectivity index (χ4n) is 3.75. The third kappa shape index (κ3) is 3.87. The van der Waals surface area contributed by atoms with E-state index in [0.29, 0.717) is 30.9 Å². The Balaban J connectivity index is 1.50. The smallest absolute Gasteiger partial charge is 0.241 e. The molecule has 1 saturated heterocycles. The molecule has 0 bridgehead atoms. The third-order valence-electron chi connectivity index (χ3n) is 5.10. The molecule has 2 aromatic carbocycles. The van der Waals surface area contributed by atoms with Crippen LogP contribution in [0.5, 0.6) is 11.5 Å². The molecule has 146 valence electrons. The average molecular weight is 379 g/mol. The van der Waals surface area contributed by atoms with Crippen molar-refractivity contribution in [2.45, 2.75) is 32.4 Å². The van der Waals surface area contributed by atoms with E-state index in [9.17, 15) is 0 Å². The van der Waals surface area contributed by atoms with Gasteiger partial charge in [0, 0.05) is 6.04 Å². The lowest BCUT2D eigenvalue weighted by atomic mass is 10.0. The van der Waals surface area contributed by atoms with Crippen LogP contribution in [-0.4, -0.2) is 35.3 Å². The first-order chi connectivity index (χ1) is 13.8. The minimum atomic E-state index is 0.358. The van der Waals surface area contributed by atoms with Crippen LogP contribution in [0.15, 0.2) is 53.1 Å². The van der Waals surface area contributed by atoms with Gasteiger partial charge in [-0.2, -0.15) is 4.98 Å². The molecule has 0 spiro atoms. The molecule has 0 aliphatic carbocycles. The lowest BCUT2D eigenvalue weighted by molar-refractivity contribution is 0.212. The Morgan fingerprint density at radius 3 is 2.75 bits per heavy atom. The standard InChI is InChI=1S/C22H25N3O3/c1-3-27-20-9-5-4-7-18(20)22-23-21(28-24-22)15-25-14-6-8-19(25)16-10-12-17(26-2)13-11-16/h4-5,7,9-13,19H,3,6,8,14-15H2,1-2H3. The molecule has 1 unspecified atom stereocenters. The van der Waals surface area contributed by atoms with E-state index in [0.717, 1.165) is 36.4 Å². The van der Waals surface area contributed by atoms with Crippen molar-refractivity contribution in [2.24, 2.45) is 0 Å². The number of likely N-dealkylation sites (tertiary alicyclic amines) is 1. The first-order valence-electron chi connectivity index (χ1n) is 9.71. The first-order valence-corrected chi connectivity index (χ1v) is 9.71. The van der Waals surface area contributed by atoms with Crippen LogP contribution in [0.25, 0.3) is 11.4 Å². The summed E-state index contributed by atoms with van der Waals surface area (Å²) < 4.78 is 16.5. The highest BCUT2D eigenvalue weighted by Gasteiger charge is 2.28. The van der Waals surface area contributed by atoms with Crippen LogP contribution in [-0.2, 0) is 6.54 Å². The molecule has 1 aliphatic rings. The van der Waals surface area contributed by atoms with Crippen molar-refractivity contribution in [1.82, 2.24) is 15.0 Å². The van der Waals surface area contributed by atoms with Gasteiger partial charge in [-0.15, -0.1) is 0 Å². The third-order valence-corrected chi connectivity index (χ3v) is 5.10. The highest BCUT2D eigenvalue weighted by Crippen LogP contribution is 2.34. The van der Waals surface area contributed by atoms with Crippen LogP contribution in [0.3, 0.4) is 0 Å². The van der Waals surface area contributed by atoms with E-state index in [1.807, 2.05) is 43.3 Å². The first kappa shape index (κ1) is 18.5. The Bertz CT molecular complexity index is 907. The van der Waals surface area contributed by atoms with Crippen LogP contribution < -0.4 is 9.47 Å². The minimum absolute atomic E-state index is 0.358. The zero-order valence-corrected chi connectivity index (χ0v) is 16.3. The van der Waals surface area contributed by atoms with E-state index >= 15 is 0 Å². The SMILES string of the molecule is CCOc1ccccc1-c1noc(CN2CCCC2c2ccc(OC)cc2)n1. The summed E-state index contributed by atoms with van der Waals surface area (Å²) in [5.41, 5.74) is 2.15.